The summed E-state index contributed by atoms with van der Waals surface area (Å²) in [5.74, 6) is 0. The Balaban J connectivity index is 1.93. The van der Waals surface area contributed by atoms with Gasteiger partial charge >= 0.3 is 0 Å². The van der Waals surface area contributed by atoms with E-state index in [0.29, 0.717) is 5.54 Å². The summed E-state index contributed by atoms with van der Waals surface area (Å²) in [6, 6.07) is 0. The van der Waals surface area contributed by atoms with Gasteiger partial charge in [0.2, 0.25) is 0 Å². The van der Waals surface area contributed by atoms with Gasteiger partial charge in [0.15, 0.2) is 0 Å². The third-order valence-electron chi connectivity index (χ3n) is 4.04. The van der Waals surface area contributed by atoms with Gasteiger partial charge in [0.1, 0.15) is 0 Å². The molecule has 0 bridgehead atoms. The van der Waals surface area contributed by atoms with Crippen molar-refractivity contribution in [2.24, 2.45) is 0 Å². The van der Waals surface area contributed by atoms with Crippen molar-refractivity contribution in [3.8, 4) is 0 Å². The number of nitrogens with zero attached hydrogens (tertiary/aromatic N) is 1. The molecule has 3 heteroatoms. The van der Waals surface area contributed by atoms with Crippen LogP contribution in [0.15, 0.2) is 0 Å². The van der Waals surface area contributed by atoms with Crippen molar-refractivity contribution < 1.29 is 4.74 Å². The molecule has 2 saturated heterocycles. The zero-order valence-corrected chi connectivity index (χ0v) is 11.0. The number of hydrogen-bond donors (Lipinski definition) is 1. The second-order valence-corrected chi connectivity index (χ2v) is 5.98. The summed E-state index contributed by atoms with van der Waals surface area (Å²) in [4.78, 5) is 2.57. The molecule has 0 radical (unpaired) electrons. The van der Waals surface area contributed by atoms with Crippen LogP contribution in [-0.2, 0) is 4.74 Å². The smallest absolute Gasteiger partial charge is 0.0753 e. The molecule has 2 aliphatic rings. The summed E-state index contributed by atoms with van der Waals surface area (Å²) in [6.45, 7) is 12.1. The molecule has 0 aliphatic carbocycles. The fourth-order valence-corrected chi connectivity index (χ4v) is 3.09. The normalized spacial score (nSPS) is 35.4. The molecule has 1 atom stereocenters. The SMILES string of the molecule is CCC1(CN2CCOC(C)(C)C2)CCCN1. The summed E-state index contributed by atoms with van der Waals surface area (Å²) >= 11 is 0. The van der Waals surface area contributed by atoms with Crippen molar-refractivity contribution in [2.45, 2.75) is 51.2 Å². The van der Waals surface area contributed by atoms with E-state index in [-0.39, 0.29) is 5.60 Å². The molecule has 16 heavy (non-hydrogen) atoms. The Hall–Kier alpha value is -0.120. The second kappa shape index (κ2) is 4.63. The van der Waals surface area contributed by atoms with Crippen LogP contribution >= 0.6 is 0 Å². The Kier molecular flexibility index (Phi) is 3.57. The molecule has 2 fully saturated rings. The van der Waals surface area contributed by atoms with Crippen LogP contribution in [0.2, 0.25) is 0 Å². The highest BCUT2D eigenvalue weighted by Gasteiger charge is 2.36. The summed E-state index contributed by atoms with van der Waals surface area (Å²) < 4.78 is 5.76. The van der Waals surface area contributed by atoms with Gasteiger partial charge in [-0.25, -0.2) is 0 Å². The van der Waals surface area contributed by atoms with E-state index in [9.17, 15) is 0 Å². The van der Waals surface area contributed by atoms with Crippen molar-refractivity contribution in [2.75, 3.05) is 32.8 Å². The van der Waals surface area contributed by atoms with Gasteiger partial charge in [-0.1, -0.05) is 6.92 Å². The molecule has 0 saturated carbocycles. The largest absolute Gasteiger partial charge is 0.373 e. The lowest BCUT2D eigenvalue weighted by Crippen LogP contribution is -2.56. The number of morpholine rings is 1. The molecule has 1 N–H and O–H groups in total. The van der Waals surface area contributed by atoms with Crippen molar-refractivity contribution >= 4 is 0 Å². The van der Waals surface area contributed by atoms with Crippen LogP contribution in [0, 0.1) is 0 Å². The Labute approximate surface area is 99.5 Å². The first-order valence-corrected chi connectivity index (χ1v) is 6.67. The van der Waals surface area contributed by atoms with Gasteiger partial charge in [-0.2, -0.15) is 0 Å². The van der Waals surface area contributed by atoms with Crippen LogP contribution in [0.5, 0.6) is 0 Å². The van der Waals surface area contributed by atoms with Crippen molar-refractivity contribution in [1.82, 2.24) is 10.2 Å². The van der Waals surface area contributed by atoms with E-state index in [1.807, 2.05) is 0 Å². The molecule has 94 valence electrons. The van der Waals surface area contributed by atoms with Gasteiger partial charge < -0.3 is 10.1 Å². The fraction of sp³-hybridized carbons (Fsp3) is 1.00. The maximum absolute atomic E-state index is 5.76. The van der Waals surface area contributed by atoms with Gasteiger partial charge in [-0.3, -0.25) is 4.90 Å². The maximum Gasteiger partial charge on any atom is 0.0753 e. The summed E-state index contributed by atoms with van der Waals surface area (Å²) in [5.41, 5.74) is 0.416. The second-order valence-electron chi connectivity index (χ2n) is 5.98. The van der Waals surface area contributed by atoms with E-state index in [2.05, 4.69) is 31.0 Å². The minimum Gasteiger partial charge on any atom is -0.373 e. The van der Waals surface area contributed by atoms with Crippen LogP contribution in [0.4, 0.5) is 0 Å². The van der Waals surface area contributed by atoms with Gasteiger partial charge in [-0.15, -0.1) is 0 Å². The molecule has 0 aromatic carbocycles. The molecule has 0 aromatic rings. The lowest BCUT2D eigenvalue weighted by atomic mass is 9.92. The van der Waals surface area contributed by atoms with Crippen LogP contribution in [0.3, 0.4) is 0 Å². The predicted octanol–water partition coefficient (Wildman–Crippen LogP) is 1.63. The molecule has 2 heterocycles. The third kappa shape index (κ3) is 2.76. The van der Waals surface area contributed by atoms with Crippen molar-refractivity contribution in [3.63, 3.8) is 0 Å². The van der Waals surface area contributed by atoms with Crippen LogP contribution < -0.4 is 5.32 Å². The molecule has 0 spiro atoms. The number of ether oxygens (including phenoxy) is 1. The Morgan fingerprint density at radius 1 is 1.38 bits per heavy atom. The minimum atomic E-state index is 0.0335. The van der Waals surface area contributed by atoms with Gasteiger partial charge in [-0.05, 0) is 39.7 Å². The lowest BCUT2D eigenvalue weighted by Gasteiger charge is -2.42. The molecule has 3 nitrogen and oxygen atoms in total. The first kappa shape index (κ1) is 12.3. The lowest BCUT2D eigenvalue weighted by molar-refractivity contribution is -0.0909. The molecule has 0 amide bonds. The Morgan fingerprint density at radius 3 is 2.75 bits per heavy atom. The number of rotatable bonds is 3. The van der Waals surface area contributed by atoms with Crippen LogP contribution in [-0.4, -0.2) is 48.8 Å². The average molecular weight is 226 g/mol. The molecular weight excluding hydrogens is 200 g/mol. The number of hydrogen-bond acceptors (Lipinski definition) is 3. The van der Waals surface area contributed by atoms with Gasteiger partial charge in [0.05, 0.1) is 12.2 Å². The highest BCUT2D eigenvalue weighted by Crippen LogP contribution is 2.26. The van der Waals surface area contributed by atoms with E-state index in [4.69, 9.17) is 4.74 Å². The quantitative estimate of drug-likeness (QED) is 0.791. The van der Waals surface area contributed by atoms with E-state index in [1.54, 1.807) is 0 Å². The van der Waals surface area contributed by atoms with Crippen LogP contribution in [0.25, 0.3) is 0 Å². The minimum absolute atomic E-state index is 0.0335. The fourth-order valence-electron chi connectivity index (χ4n) is 3.09. The van der Waals surface area contributed by atoms with E-state index in [1.165, 1.54) is 32.4 Å². The molecule has 2 aliphatic heterocycles. The van der Waals surface area contributed by atoms with E-state index in [0.717, 1.165) is 19.7 Å². The van der Waals surface area contributed by atoms with E-state index < -0.39 is 0 Å². The van der Waals surface area contributed by atoms with Crippen molar-refractivity contribution in [1.29, 1.82) is 0 Å². The molecule has 1 unspecified atom stereocenters. The summed E-state index contributed by atoms with van der Waals surface area (Å²) in [6.07, 6.45) is 3.91. The zero-order chi connectivity index (χ0) is 11.6. The Bertz CT molecular complexity index is 234. The predicted molar refractivity (Wildman–Crippen MR) is 66.7 cm³/mol. The monoisotopic (exact) mass is 226 g/mol. The highest BCUT2D eigenvalue weighted by molar-refractivity contribution is 4.96. The highest BCUT2D eigenvalue weighted by atomic mass is 16.5. The average Bonchev–Trinajstić information content (AvgIpc) is 2.65. The summed E-state index contributed by atoms with van der Waals surface area (Å²) in [7, 11) is 0. The van der Waals surface area contributed by atoms with Crippen LogP contribution in [0.1, 0.15) is 40.0 Å². The Morgan fingerprint density at radius 2 is 2.19 bits per heavy atom. The standard InChI is InChI=1S/C13H26N2O/c1-4-13(6-5-7-14-13)11-15-8-9-16-12(2,3)10-15/h14H,4-11H2,1-3H3. The molecule has 0 aromatic heterocycles. The first-order valence-electron chi connectivity index (χ1n) is 6.67. The van der Waals surface area contributed by atoms with Gasteiger partial charge in [0.25, 0.3) is 0 Å². The first-order chi connectivity index (χ1) is 7.55. The molecule has 2 rings (SSSR count). The summed E-state index contributed by atoms with van der Waals surface area (Å²) in [5, 5.41) is 3.71. The van der Waals surface area contributed by atoms with Crippen molar-refractivity contribution in [3.05, 3.63) is 0 Å². The molecular formula is C13H26N2O. The van der Waals surface area contributed by atoms with E-state index >= 15 is 0 Å². The number of nitrogens with one attached hydrogen (secondary N) is 1. The maximum atomic E-state index is 5.76. The topological polar surface area (TPSA) is 24.5 Å². The van der Waals surface area contributed by atoms with Gasteiger partial charge in [0, 0.05) is 25.2 Å². The third-order valence-corrected chi connectivity index (χ3v) is 4.04. The zero-order valence-electron chi connectivity index (χ0n) is 11.0.